The molecule has 0 unspecified atom stereocenters. The summed E-state index contributed by atoms with van der Waals surface area (Å²) in [5.74, 6) is 1.47. The topological polar surface area (TPSA) is 86.8 Å². The van der Waals surface area contributed by atoms with Gasteiger partial charge in [0.15, 0.2) is 0 Å². The van der Waals surface area contributed by atoms with Gasteiger partial charge < -0.3 is 19.3 Å². The van der Waals surface area contributed by atoms with Crippen molar-refractivity contribution in [1.82, 2.24) is 25.0 Å². The summed E-state index contributed by atoms with van der Waals surface area (Å²) < 4.78 is 10.7. The Bertz CT molecular complexity index is 1130. The Labute approximate surface area is 205 Å². The van der Waals surface area contributed by atoms with Crippen molar-refractivity contribution in [3.63, 3.8) is 0 Å². The van der Waals surface area contributed by atoms with Crippen molar-refractivity contribution >= 4 is 11.8 Å². The van der Waals surface area contributed by atoms with E-state index in [9.17, 15) is 4.79 Å². The summed E-state index contributed by atoms with van der Waals surface area (Å²) in [5, 5.41) is 6.84. The lowest BCUT2D eigenvalue weighted by molar-refractivity contribution is 0.0583. The second-order valence-electron chi connectivity index (χ2n) is 9.26. The van der Waals surface area contributed by atoms with Crippen LogP contribution in [0.2, 0.25) is 0 Å². The number of ether oxygens (including phenoxy) is 2. The molecule has 2 amide bonds. The molecule has 2 fully saturated rings. The Morgan fingerprint density at radius 2 is 1.94 bits per heavy atom. The number of pyridine rings is 1. The van der Waals surface area contributed by atoms with Gasteiger partial charge in [-0.05, 0) is 42.7 Å². The SMILES string of the molecule is COCCN1CCC2(CC1)CN(c1ccc(-c3cn[nH]c3)cn1)C(=O)N2Cc1cccc(OC)c1. The Kier molecular flexibility index (Phi) is 6.70. The molecule has 9 heteroatoms. The number of carbonyl (C=O) groups excluding carboxylic acids is 1. The number of nitrogens with one attached hydrogen (secondary N) is 1. The minimum Gasteiger partial charge on any atom is -0.497 e. The lowest BCUT2D eigenvalue weighted by Crippen LogP contribution is -2.54. The quantitative estimate of drug-likeness (QED) is 0.536. The molecular weight excluding hydrogens is 444 g/mol. The van der Waals surface area contributed by atoms with Crippen molar-refractivity contribution in [2.45, 2.75) is 24.9 Å². The fraction of sp³-hybridized carbons (Fsp3) is 0.423. The normalized spacial score (nSPS) is 17.9. The molecule has 2 saturated heterocycles. The van der Waals surface area contributed by atoms with Gasteiger partial charge in [-0.15, -0.1) is 0 Å². The fourth-order valence-electron chi connectivity index (χ4n) is 5.13. The highest BCUT2D eigenvalue weighted by molar-refractivity contribution is 5.94. The zero-order chi connectivity index (χ0) is 24.3. The predicted molar refractivity (Wildman–Crippen MR) is 133 cm³/mol. The molecule has 184 valence electrons. The van der Waals surface area contributed by atoms with Crippen molar-refractivity contribution in [1.29, 1.82) is 0 Å². The first kappa shape index (κ1) is 23.3. The number of benzene rings is 1. The summed E-state index contributed by atoms with van der Waals surface area (Å²) in [6.45, 7) is 4.68. The standard InChI is InChI=1S/C26H32N6O3/c1-34-13-12-30-10-8-26(9-11-30)19-31(24-7-6-21(15-27-24)22-16-28-29-17-22)25(33)32(26)18-20-4-3-5-23(14-20)35-2/h3-7,14-17H,8-13,18-19H2,1-2H3,(H,28,29). The smallest absolute Gasteiger partial charge is 0.326 e. The monoisotopic (exact) mass is 476 g/mol. The molecule has 0 atom stereocenters. The number of amides is 2. The van der Waals surface area contributed by atoms with Gasteiger partial charge in [0, 0.05) is 56.8 Å². The number of nitrogens with zero attached hydrogens (tertiary/aromatic N) is 5. The number of anilines is 1. The highest BCUT2D eigenvalue weighted by Gasteiger charge is 2.51. The number of hydrogen-bond donors (Lipinski definition) is 1. The van der Waals surface area contributed by atoms with E-state index in [1.807, 2.05) is 41.4 Å². The zero-order valence-corrected chi connectivity index (χ0v) is 20.3. The zero-order valence-electron chi connectivity index (χ0n) is 20.3. The summed E-state index contributed by atoms with van der Waals surface area (Å²) in [5.41, 5.74) is 2.75. The third-order valence-corrected chi connectivity index (χ3v) is 7.22. The van der Waals surface area contributed by atoms with Crippen LogP contribution >= 0.6 is 0 Å². The second kappa shape index (κ2) is 10.1. The first-order chi connectivity index (χ1) is 17.1. The molecule has 2 aromatic heterocycles. The van der Waals surface area contributed by atoms with Gasteiger partial charge in [-0.1, -0.05) is 12.1 Å². The van der Waals surface area contributed by atoms with Crippen molar-refractivity contribution in [3.05, 3.63) is 60.6 Å². The fourth-order valence-corrected chi connectivity index (χ4v) is 5.13. The minimum absolute atomic E-state index is 0.00159. The summed E-state index contributed by atoms with van der Waals surface area (Å²) in [4.78, 5) is 24.8. The third-order valence-electron chi connectivity index (χ3n) is 7.22. The maximum atomic E-state index is 13.8. The molecule has 2 aliphatic heterocycles. The van der Waals surface area contributed by atoms with Crippen LogP contribution in [0.5, 0.6) is 5.75 Å². The average molecular weight is 477 g/mol. The molecule has 0 radical (unpaired) electrons. The number of piperidine rings is 1. The van der Waals surface area contributed by atoms with E-state index in [-0.39, 0.29) is 11.6 Å². The number of aromatic amines is 1. The average Bonchev–Trinajstić information content (AvgIpc) is 3.53. The first-order valence-corrected chi connectivity index (χ1v) is 12.0. The van der Waals surface area contributed by atoms with Gasteiger partial charge in [0.25, 0.3) is 0 Å². The lowest BCUT2D eigenvalue weighted by atomic mass is 9.86. The van der Waals surface area contributed by atoms with Gasteiger partial charge in [-0.25, -0.2) is 9.78 Å². The molecule has 0 aliphatic carbocycles. The van der Waals surface area contributed by atoms with E-state index in [0.29, 0.717) is 18.9 Å². The maximum absolute atomic E-state index is 13.8. The lowest BCUT2D eigenvalue weighted by Gasteiger charge is -2.43. The van der Waals surface area contributed by atoms with E-state index in [4.69, 9.17) is 9.47 Å². The van der Waals surface area contributed by atoms with E-state index in [1.165, 1.54) is 0 Å². The highest BCUT2D eigenvalue weighted by Crippen LogP contribution is 2.39. The largest absolute Gasteiger partial charge is 0.497 e. The Morgan fingerprint density at radius 3 is 2.63 bits per heavy atom. The molecular formula is C26H32N6O3. The number of rotatable bonds is 8. The second-order valence-corrected chi connectivity index (χ2v) is 9.26. The van der Waals surface area contributed by atoms with Crippen molar-refractivity contribution < 1.29 is 14.3 Å². The van der Waals surface area contributed by atoms with E-state index in [2.05, 4.69) is 31.0 Å². The van der Waals surface area contributed by atoms with Crippen LogP contribution < -0.4 is 9.64 Å². The molecule has 5 rings (SSSR count). The molecule has 0 saturated carbocycles. The number of H-pyrrole nitrogens is 1. The Morgan fingerprint density at radius 1 is 1.09 bits per heavy atom. The number of aromatic nitrogens is 3. The van der Waals surface area contributed by atoms with E-state index in [0.717, 1.165) is 61.5 Å². The first-order valence-electron chi connectivity index (χ1n) is 12.0. The molecule has 1 aromatic carbocycles. The van der Waals surface area contributed by atoms with Gasteiger partial charge in [0.2, 0.25) is 0 Å². The van der Waals surface area contributed by atoms with Crippen molar-refractivity contribution in [2.24, 2.45) is 0 Å². The molecule has 0 bridgehead atoms. The number of hydrogen-bond acceptors (Lipinski definition) is 6. The van der Waals surface area contributed by atoms with Crippen LogP contribution in [0.15, 0.2) is 55.0 Å². The van der Waals surface area contributed by atoms with E-state index in [1.54, 1.807) is 26.6 Å². The van der Waals surface area contributed by atoms with Crippen LogP contribution in [-0.4, -0.2) is 83.6 Å². The van der Waals surface area contributed by atoms with Gasteiger partial charge in [0.1, 0.15) is 11.6 Å². The molecule has 3 aromatic rings. The summed E-state index contributed by atoms with van der Waals surface area (Å²) in [6, 6.07) is 11.9. The Balaban J connectivity index is 1.40. The summed E-state index contributed by atoms with van der Waals surface area (Å²) in [6.07, 6.45) is 7.23. The number of likely N-dealkylation sites (tertiary alicyclic amines) is 1. The van der Waals surface area contributed by atoms with E-state index >= 15 is 0 Å². The molecule has 1 spiro atoms. The van der Waals surface area contributed by atoms with Gasteiger partial charge in [0.05, 0.1) is 32.0 Å². The Hall–Kier alpha value is -3.43. The van der Waals surface area contributed by atoms with Crippen LogP contribution in [-0.2, 0) is 11.3 Å². The van der Waals surface area contributed by atoms with Crippen molar-refractivity contribution in [3.8, 4) is 16.9 Å². The van der Waals surface area contributed by atoms with Crippen LogP contribution in [0.1, 0.15) is 18.4 Å². The molecule has 35 heavy (non-hydrogen) atoms. The van der Waals surface area contributed by atoms with Crippen LogP contribution in [0.4, 0.5) is 10.6 Å². The molecule has 4 heterocycles. The van der Waals surface area contributed by atoms with Gasteiger partial charge in [-0.2, -0.15) is 5.10 Å². The maximum Gasteiger partial charge on any atom is 0.326 e. The number of carbonyl (C=O) groups is 1. The summed E-state index contributed by atoms with van der Waals surface area (Å²) >= 11 is 0. The van der Waals surface area contributed by atoms with Crippen LogP contribution in [0, 0.1) is 0 Å². The number of urea groups is 1. The molecule has 9 nitrogen and oxygen atoms in total. The predicted octanol–water partition coefficient (Wildman–Crippen LogP) is 3.40. The van der Waals surface area contributed by atoms with Gasteiger partial charge in [-0.3, -0.25) is 10.00 Å². The molecule has 2 aliphatic rings. The van der Waals surface area contributed by atoms with Crippen molar-refractivity contribution in [2.75, 3.05) is 51.9 Å². The van der Waals surface area contributed by atoms with Crippen LogP contribution in [0.25, 0.3) is 11.1 Å². The highest BCUT2D eigenvalue weighted by atomic mass is 16.5. The summed E-state index contributed by atoms with van der Waals surface area (Å²) in [7, 11) is 3.40. The van der Waals surface area contributed by atoms with Crippen LogP contribution in [0.3, 0.4) is 0 Å². The minimum atomic E-state index is -0.241. The van der Waals surface area contributed by atoms with Gasteiger partial charge >= 0.3 is 6.03 Å². The molecule has 1 N–H and O–H groups in total. The van der Waals surface area contributed by atoms with E-state index < -0.39 is 0 Å². The third kappa shape index (κ3) is 4.74. The number of methoxy groups -OCH3 is 2.